The van der Waals surface area contributed by atoms with Crippen molar-refractivity contribution in [3.8, 4) is 0 Å². The van der Waals surface area contributed by atoms with Gasteiger partial charge in [0.15, 0.2) is 0 Å². The Hall–Kier alpha value is -0.0800. The zero-order valence-electron chi connectivity index (χ0n) is 5.56. The third-order valence-electron chi connectivity index (χ3n) is 1.31. The Balaban J connectivity index is 3.17. The van der Waals surface area contributed by atoms with Crippen LogP contribution in [0.3, 0.4) is 0 Å². The molecule has 3 heteroatoms. The predicted molar refractivity (Wildman–Crippen MR) is 46.3 cm³/mol. The van der Waals surface area contributed by atoms with Crippen LogP contribution in [0.1, 0.15) is 12.5 Å². The first-order valence-electron chi connectivity index (χ1n) is 3.03. The highest BCUT2D eigenvalue weighted by Crippen LogP contribution is 2.23. The summed E-state index contributed by atoms with van der Waals surface area (Å²) in [5.41, 5.74) is 1.12. The van der Waals surface area contributed by atoms with Gasteiger partial charge >= 0.3 is 0 Å². The zero-order valence-corrected chi connectivity index (χ0v) is 7.91. The molecule has 0 spiro atoms. The van der Waals surface area contributed by atoms with E-state index in [0.717, 1.165) is 21.5 Å². The number of aromatic nitrogens is 1. The molecule has 1 aromatic heterocycles. The van der Waals surface area contributed by atoms with Crippen LogP contribution in [0.2, 0.25) is 5.02 Å². The van der Waals surface area contributed by atoms with Gasteiger partial charge in [0.05, 0.1) is 5.02 Å². The summed E-state index contributed by atoms with van der Waals surface area (Å²) in [5, 5.41) is 0.733. The van der Waals surface area contributed by atoms with Gasteiger partial charge in [0.25, 0.3) is 0 Å². The maximum Gasteiger partial charge on any atom is 0.0632 e. The summed E-state index contributed by atoms with van der Waals surface area (Å²) in [6.07, 6.45) is 4.35. The van der Waals surface area contributed by atoms with Crippen molar-refractivity contribution in [3.63, 3.8) is 0 Å². The maximum absolute atomic E-state index is 5.84. The van der Waals surface area contributed by atoms with Crippen molar-refractivity contribution in [1.29, 1.82) is 0 Å². The van der Waals surface area contributed by atoms with Crippen molar-refractivity contribution in [2.75, 3.05) is 0 Å². The van der Waals surface area contributed by atoms with Gasteiger partial charge in [0.1, 0.15) is 0 Å². The van der Waals surface area contributed by atoms with Gasteiger partial charge in [-0.3, -0.25) is 4.98 Å². The van der Waals surface area contributed by atoms with Crippen molar-refractivity contribution in [2.45, 2.75) is 13.3 Å². The quantitative estimate of drug-likeness (QED) is 0.709. The third kappa shape index (κ3) is 1.50. The Bertz CT molecular complexity index is 217. The molecule has 0 amide bonds. The molecular formula is C7H7BrClN. The molecule has 0 N–H and O–H groups in total. The molecular weight excluding hydrogens is 213 g/mol. The van der Waals surface area contributed by atoms with Crippen molar-refractivity contribution < 1.29 is 0 Å². The van der Waals surface area contributed by atoms with Gasteiger partial charge in [-0.15, -0.1) is 0 Å². The highest BCUT2D eigenvalue weighted by Gasteiger charge is 2.01. The van der Waals surface area contributed by atoms with E-state index < -0.39 is 0 Å². The first kappa shape index (κ1) is 8.02. The van der Waals surface area contributed by atoms with Crippen LogP contribution in [0, 0.1) is 0 Å². The Morgan fingerprint density at radius 2 is 2.30 bits per heavy atom. The second-order valence-electron chi connectivity index (χ2n) is 1.94. The van der Waals surface area contributed by atoms with Crippen LogP contribution in [-0.4, -0.2) is 4.98 Å². The molecule has 1 heterocycles. The Kier molecular flexibility index (Phi) is 2.69. The summed E-state index contributed by atoms with van der Waals surface area (Å²) in [7, 11) is 0. The molecule has 54 valence electrons. The van der Waals surface area contributed by atoms with Crippen LogP contribution in [0.25, 0.3) is 0 Å². The van der Waals surface area contributed by atoms with E-state index in [9.17, 15) is 0 Å². The fraction of sp³-hybridized carbons (Fsp3) is 0.286. The molecule has 0 saturated heterocycles. The highest BCUT2D eigenvalue weighted by molar-refractivity contribution is 9.10. The van der Waals surface area contributed by atoms with Crippen LogP contribution in [0.4, 0.5) is 0 Å². The Labute approximate surface area is 73.6 Å². The van der Waals surface area contributed by atoms with Crippen molar-refractivity contribution in [1.82, 2.24) is 4.98 Å². The van der Waals surface area contributed by atoms with Gasteiger partial charge in [0.2, 0.25) is 0 Å². The third-order valence-corrected chi connectivity index (χ3v) is 2.31. The number of pyridine rings is 1. The molecule has 0 fully saturated rings. The normalized spacial score (nSPS) is 9.90. The summed E-state index contributed by atoms with van der Waals surface area (Å²) in [6, 6.07) is 0. The van der Waals surface area contributed by atoms with Gasteiger partial charge in [-0.05, 0) is 27.9 Å². The SMILES string of the molecule is CCc1c(Cl)cncc1Br. The maximum atomic E-state index is 5.84. The molecule has 1 aromatic rings. The molecule has 0 aliphatic carbocycles. The number of rotatable bonds is 1. The van der Waals surface area contributed by atoms with E-state index in [4.69, 9.17) is 11.6 Å². The summed E-state index contributed by atoms with van der Waals surface area (Å²) in [6.45, 7) is 2.06. The molecule has 0 aromatic carbocycles. The van der Waals surface area contributed by atoms with Crippen molar-refractivity contribution >= 4 is 27.5 Å². The second kappa shape index (κ2) is 3.35. The number of nitrogens with zero attached hydrogens (tertiary/aromatic N) is 1. The van der Waals surface area contributed by atoms with E-state index in [1.807, 2.05) is 0 Å². The second-order valence-corrected chi connectivity index (χ2v) is 3.20. The number of hydrogen-bond donors (Lipinski definition) is 0. The smallest absolute Gasteiger partial charge is 0.0632 e. The monoisotopic (exact) mass is 219 g/mol. The van der Waals surface area contributed by atoms with Crippen LogP contribution >= 0.6 is 27.5 Å². The van der Waals surface area contributed by atoms with Crippen LogP contribution < -0.4 is 0 Å². The van der Waals surface area contributed by atoms with Crippen LogP contribution in [0.15, 0.2) is 16.9 Å². The summed E-state index contributed by atoms with van der Waals surface area (Å²) in [4.78, 5) is 3.91. The van der Waals surface area contributed by atoms with E-state index in [1.165, 1.54) is 0 Å². The average Bonchev–Trinajstić information content (AvgIpc) is 1.88. The predicted octanol–water partition coefficient (Wildman–Crippen LogP) is 3.06. The van der Waals surface area contributed by atoms with Gasteiger partial charge in [-0.1, -0.05) is 18.5 Å². The van der Waals surface area contributed by atoms with Gasteiger partial charge in [0, 0.05) is 16.9 Å². The zero-order chi connectivity index (χ0) is 7.56. The lowest BCUT2D eigenvalue weighted by atomic mass is 10.2. The Morgan fingerprint density at radius 3 is 2.70 bits per heavy atom. The standard InChI is InChI=1S/C7H7BrClN/c1-2-5-6(8)3-10-4-7(5)9/h3-4H,2H2,1H3. The minimum absolute atomic E-state index is 0.733. The van der Waals surface area contributed by atoms with E-state index in [1.54, 1.807) is 12.4 Å². The molecule has 0 atom stereocenters. The minimum atomic E-state index is 0.733. The minimum Gasteiger partial charge on any atom is -0.262 e. The lowest BCUT2D eigenvalue weighted by Crippen LogP contribution is -1.85. The molecule has 0 radical (unpaired) electrons. The fourth-order valence-corrected chi connectivity index (χ4v) is 1.79. The molecule has 0 aliphatic heterocycles. The van der Waals surface area contributed by atoms with Crippen LogP contribution in [0.5, 0.6) is 0 Å². The lowest BCUT2D eigenvalue weighted by Gasteiger charge is -2.00. The van der Waals surface area contributed by atoms with Crippen molar-refractivity contribution in [2.24, 2.45) is 0 Å². The first-order chi connectivity index (χ1) is 4.75. The van der Waals surface area contributed by atoms with Crippen LogP contribution in [-0.2, 0) is 6.42 Å². The molecule has 1 nitrogen and oxygen atoms in total. The molecule has 1 rings (SSSR count). The lowest BCUT2D eigenvalue weighted by molar-refractivity contribution is 1.10. The van der Waals surface area contributed by atoms with E-state index in [0.29, 0.717) is 0 Å². The topological polar surface area (TPSA) is 12.9 Å². The van der Waals surface area contributed by atoms with Gasteiger partial charge in [-0.25, -0.2) is 0 Å². The van der Waals surface area contributed by atoms with E-state index >= 15 is 0 Å². The summed E-state index contributed by atoms with van der Waals surface area (Å²) < 4.78 is 0.988. The Morgan fingerprint density at radius 1 is 1.60 bits per heavy atom. The largest absolute Gasteiger partial charge is 0.262 e. The van der Waals surface area contributed by atoms with E-state index in [2.05, 4.69) is 27.8 Å². The number of halogens is 2. The number of hydrogen-bond acceptors (Lipinski definition) is 1. The average molecular weight is 220 g/mol. The van der Waals surface area contributed by atoms with Crippen molar-refractivity contribution in [3.05, 3.63) is 27.5 Å². The molecule has 0 bridgehead atoms. The molecule has 0 aliphatic rings. The molecule has 10 heavy (non-hydrogen) atoms. The van der Waals surface area contributed by atoms with E-state index in [-0.39, 0.29) is 0 Å². The van der Waals surface area contributed by atoms with Gasteiger partial charge in [-0.2, -0.15) is 0 Å². The highest BCUT2D eigenvalue weighted by atomic mass is 79.9. The fourth-order valence-electron chi connectivity index (χ4n) is 0.776. The summed E-state index contributed by atoms with van der Waals surface area (Å²) in [5.74, 6) is 0. The summed E-state index contributed by atoms with van der Waals surface area (Å²) >= 11 is 9.20. The first-order valence-corrected chi connectivity index (χ1v) is 4.20. The van der Waals surface area contributed by atoms with Gasteiger partial charge < -0.3 is 0 Å². The molecule has 0 saturated carbocycles. The molecule has 0 unspecified atom stereocenters.